The Labute approximate surface area is 119 Å². The molecule has 0 aromatic heterocycles. The highest BCUT2D eigenvalue weighted by Gasteiger charge is 2.16. The highest BCUT2D eigenvalue weighted by Crippen LogP contribution is 2.20. The lowest BCUT2D eigenvalue weighted by Crippen LogP contribution is -2.27. The van der Waals surface area contributed by atoms with Gasteiger partial charge in [-0.1, -0.05) is 6.07 Å². The average Bonchev–Trinajstić information content (AvgIpc) is 2.27. The Morgan fingerprint density at radius 3 is 2.58 bits per heavy atom. The van der Waals surface area contributed by atoms with Crippen LogP contribution in [-0.2, 0) is 19.9 Å². The summed E-state index contributed by atoms with van der Waals surface area (Å²) in [5.74, 6) is -0.0786. The van der Waals surface area contributed by atoms with Crippen molar-refractivity contribution in [3.05, 3.63) is 29.3 Å². The van der Waals surface area contributed by atoms with Crippen LogP contribution in [0, 0.1) is 6.92 Å². The molecule has 0 heterocycles. The number of hydrogen-bond donors (Lipinski definition) is 1. The molecule has 1 aromatic carbocycles. The van der Waals surface area contributed by atoms with E-state index in [-0.39, 0.29) is 17.0 Å². The van der Waals surface area contributed by atoms with E-state index in [9.17, 15) is 17.4 Å². The second-order valence-electron chi connectivity index (χ2n) is 3.95. The molecule has 0 aliphatic heterocycles. The van der Waals surface area contributed by atoms with Crippen molar-refractivity contribution >= 4 is 36.4 Å². The molecule has 0 saturated heterocycles. The molecule has 8 heteroatoms. The zero-order chi connectivity index (χ0) is 14.6. The highest BCUT2D eigenvalue weighted by atomic mass is 35.7. The van der Waals surface area contributed by atoms with Crippen LogP contribution in [0.4, 0.5) is 0 Å². The van der Waals surface area contributed by atoms with Crippen LogP contribution < -0.4 is 5.32 Å². The topological polar surface area (TPSA) is 80.3 Å². The predicted molar refractivity (Wildman–Crippen MR) is 75.5 cm³/mol. The summed E-state index contributed by atoms with van der Waals surface area (Å²) >= 11 is 0. The predicted octanol–water partition coefficient (Wildman–Crippen LogP) is 1.03. The minimum absolute atomic E-state index is 0.0825. The fourth-order valence-corrected chi connectivity index (χ4v) is 3.02. The SMILES string of the molecule is Cc1ccc(C(=O)NCCS(C)=O)cc1S(=O)(=O)Cl. The summed E-state index contributed by atoms with van der Waals surface area (Å²) in [5, 5.41) is 2.56. The number of carbonyl (C=O) groups excluding carboxylic acids is 1. The van der Waals surface area contributed by atoms with Crippen LogP contribution in [-0.4, -0.2) is 37.1 Å². The van der Waals surface area contributed by atoms with E-state index in [1.54, 1.807) is 6.92 Å². The smallest absolute Gasteiger partial charge is 0.261 e. The van der Waals surface area contributed by atoms with Crippen LogP contribution >= 0.6 is 10.7 Å². The Kier molecular flexibility index (Phi) is 5.51. The van der Waals surface area contributed by atoms with Gasteiger partial charge in [0.2, 0.25) is 0 Å². The van der Waals surface area contributed by atoms with Crippen LogP contribution in [0.5, 0.6) is 0 Å². The molecular formula is C11H14ClNO4S2. The molecule has 19 heavy (non-hydrogen) atoms. The van der Waals surface area contributed by atoms with Gasteiger partial charge in [-0.05, 0) is 24.6 Å². The fourth-order valence-electron chi connectivity index (χ4n) is 1.41. The van der Waals surface area contributed by atoms with Gasteiger partial charge in [0.15, 0.2) is 0 Å². The molecule has 0 aliphatic rings. The average molecular weight is 324 g/mol. The van der Waals surface area contributed by atoms with Gasteiger partial charge in [-0.25, -0.2) is 8.42 Å². The first-order chi connectivity index (χ1) is 8.71. The number of benzene rings is 1. The monoisotopic (exact) mass is 323 g/mol. The standard InChI is InChI=1S/C11H14ClNO4S2/c1-8-3-4-9(7-10(8)19(12,16)17)11(14)13-5-6-18(2)15/h3-4,7H,5-6H2,1-2H3,(H,13,14). The number of aryl methyl sites for hydroxylation is 1. The molecule has 1 rings (SSSR count). The minimum atomic E-state index is -3.88. The third-order valence-electron chi connectivity index (χ3n) is 2.39. The second kappa shape index (κ2) is 6.49. The molecule has 1 unspecified atom stereocenters. The van der Waals surface area contributed by atoms with E-state index in [4.69, 9.17) is 10.7 Å². The van der Waals surface area contributed by atoms with Crippen molar-refractivity contribution in [2.75, 3.05) is 18.6 Å². The number of rotatable bonds is 5. The maximum Gasteiger partial charge on any atom is 0.261 e. The van der Waals surface area contributed by atoms with E-state index in [0.717, 1.165) is 0 Å². The number of amides is 1. The van der Waals surface area contributed by atoms with Crippen molar-refractivity contribution in [3.63, 3.8) is 0 Å². The first-order valence-electron chi connectivity index (χ1n) is 5.35. The molecule has 5 nitrogen and oxygen atoms in total. The normalized spacial score (nSPS) is 13.0. The maximum atomic E-state index is 11.8. The van der Waals surface area contributed by atoms with Crippen LogP contribution in [0.15, 0.2) is 23.1 Å². The second-order valence-corrected chi connectivity index (χ2v) is 8.04. The lowest BCUT2D eigenvalue weighted by Gasteiger charge is -2.07. The van der Waals surface area contributed by atoms with Crippen LogP contribution in [0.25, 0.3) is 0 Å². The first kappa shape index (κ1) is 16.1. The van der Waals surface area contributed by atoms with Crippen molar-refractivity contribution in [2.45, 2.75) is 11.8 Å². The number of hydrogen-bond acceptors (Lipinski definition) is 4. The fraction of sp³-hybridized carbons (Fsp3) is 0.364. The third kappa shape index (κ3) is 4.93. The van der Waals surface area contributed by atoms with Gasteiger partial charge in [0, 0.05) is 45.6 Å². The molecule has 0 fully saturated rings. The summed E-state index contributed by atoms with van der Waals surface area (Å²) in [6.07, 6.45) is 1.54. The van der Waals surface area contributed by atoms with Gasteiger partial charge in [0.1, 0.15) is 0 Å². The Morgan fingerprint density at radius 2 is 2.05 bits per heavy atom. The largest absolute Gasteiger partial charge is 0.351 e. The molecule has 0 aliphatic carbocycles. The van der Waals surface area contributed by atoms with E-state index in [1.807, 2.05) is 0 Å². The molecule has 1 atom stereocenters. The van der Waals surface area contributed by atoms with Gasteiger partial charge in [-0.3, -0.25) is 9.00 Å². The van der Waals surface area contributed by atoms with Crippen LogP contribution in [0.1, 0.15) is 15.9 Å². The Bertz CT molecular complexity index is 613. The van der Waals surface area contributed by atoms with Gasteiger partial charge >= 0.3 is 0 Å². The molecule has 1 amide bonds. The lowest BCUT2D eigenvalue weighted by atomic mass is 10.1. The molecule has 1 aromatic rings. The highest BCUT2D eigenvalue weighted by molar-refractivity contribution is 8.13. The Balaban J connectivity index is 2.91. The molecule has 0 spiro atoms. The van der Waals surface area contributed by atoms with Gasteiger partial charge in [0.05, 0.1) is 4.90 Å². The summed E-state index contributed by atoms with van der Waals surface area (Å²) in [6, 6.07) is 4.26. The minimum Gasteiger partial charge on any atom is -0.351 e. The molecule has 1 N–H and O–H groups in total. The van der Waals surface area contributed by atoms with Gasteiger partial charge in [-0.2, -0.15) is 0 Å². The molecular weight excluding hydrogens is 310 g/mol. The maximum absolute atomic E-state index is 11.8. The van der Waals surface area contributed by atoms with Gasteiger partial charge in [0.25, 0.3) is 15.0 Å². The summed E-state index contributed by atoms with van der Waals surface area (Å²) in [7, 11) is 0.415. The zero-order valence-electron chi connectivity index (χ0n) is 10.5. The van der Waals surface area contributed by atoms with Crippen molar-refractivity contribution in [1.82, 2.24) is 5.32 Å². The van der Waals surface area contributed by atoms with Crippen molar-refractivity contribution in [1.29, 1.82) is 0 Å². The van der Waals surface area contributed by atoms with E-state index in [1.165, 1.54) is 24.5 Å². The van der Waals surface area contributed by atoms with Gasteiger partial charge in [-0.15, -0.1) is 0 Å². The van der Waals surface area contributed by atoms with Crippen molar-refractivity contribution < 1.29 is 17.4 Å². The zero-order valence-corrected chi connectivity index (χ0v) is 12.9. The summed E-state index contributed by atoms with van der Waals surface area (Å²) in [5.41, 5.74) is 0.674. The molecule has 106 valence electrons. The number of carbonyl (C=O) groups is 1. The van der Waals surface area contributed by atoms with Crippen LogP contribution in [0.3, 0.4) is 0 Å². The van der Waals surface area contributed by atoms with Crippen LogP contribution in [0.2, 0.25) is 0 Å². The van der Waals surface area contributed by atoms with E-state index in [0.29, 0.717) is 11.3 Å². The summed E-state index contributed by atoms with van der Waals surface area (Å²) in [4.78, 5) is 11.7. The Morgan fingerprint density at radius 1 is 1.42 bits per heavy atom. The van der Waals surface area contributed by atoms with Crippen molar-refractivity contribution in [3.8, 4) is 0 Å². The first-order valence-corrected chi connectivity index (χ1v) is 9.39. The van der Waals surface area contributed by atoms with E-state index in [2.05, 4.69) is 5.32 Å². The summed E-state index contributed by atoms with van der Waals surface area (Å²) < 4.78 is 33.5. The third-order valence-corrected chi connectivity index (χ3v) is 4.63. The number of nitrogens with one attached hydrogen (secondary N) is 1. The molecule has 0 radical (unpaired) electrons. The van der Waals surface area contributed by atoms with E-state index >= 15 is 0 Å². The number of halogens is 1. The van der Waals surface area contributed by atoms with Crippen molar-refractivity contribution in [2.24, 2.45) is 0 Å². The van der Waals surface area contributed by atoms with Gasteiger partial charge < -0.3 is 5.32 Å². The lowest BCUT2D eigenvalue weighted by molar-refractivity contribution is 0.0956. The quantitative estimate of drug-likeness (QED) is 0.821. The Hall–Kier alpha value is -0.920. The van der Waals surface area contributed by atoms with E-state index < -0.39 is 25.8 Å². The molecule has 0 bridgehead atoms. The molecule has 0 saturated carbocycles. The summed E-state index contributed by atoms with van der Waals surface area (Å²) in [6.45, 7) is 1.86.